The molecule has 8 nitrogen and oxygen atoms in total. The number of nitrogens with zero attached hydrogens (tertiary/aromatic N) is 2. The fraction of sp³-hybridized carbons (Fsp3) is 0.370. The molecular formula is C27H33N2O6S4+. The SMILES string of the molecule is CCC(=Cc1sc2ccc(C)cc2[n+]1CCCS(=O)(=O)O)/C=C1\Sc2ccc(C)cc2N1CCCS(=O)(=O)O. The predicted octanol–water partition coefficient (Wildman–Crippen LogP) is 5.61. The summed E-state index contributed by atoms with van der Waals surface area (Å²) >= 11 is 3.26. The van der Waals surface area contributed by atoms with Gasteiger partial charge >= 0.3 is 0 Å². The molecule has 0 saturated heterocycles. The van der Waals surface area contributed by atoms with Crippen LogP contribution in [-0.2, 0) is 26.8 Å². The molecule has 1 aromatic heterocycles. The summed E-state index contributed by atoms with van der Waals surface area (Å²) in [6, 6.07) is 12.4. The molecule has 0 saturated carbocycles. The maximum atomic E-state index is 11.3. The van der Waals surface area contributed by atoms with E-state index in [0.29, 0.717) is 25.9 Å². The maximum absolute atomic E-state index is 11.3. The van der Waals surface area contributed by atoms with Gasteiger partial charge in [-0.3, -0.25) is 9.11 Å². The van der Waals surface area contributed by atoms with Crippen LogP contribution >= 0.6 is 23.1 Å². The maximum Gasteiger partial charge on any atom is 0.265 e. The molecular weight excluding hydrogens is 577 g/mol. The lowest BCUT2D eigenvalue weighted by Crippen LogP contribution is -2.36. The fourth-order valence-corrected chi connectivity index (χ4v) is 7.75. The van der Waals surface area contributed by atoms with Crippen LogP contribution in [0, 0.1) is 13.8 Å². The molecule has 12 heteroatoms. The van der Waals surface area contributed by atoms with Gasteiger partial charge < -0.3 is 4.90 Å². The molecule has 0 radical (unpaired) electrons. The van der Waals surface area contributed by atoms with E-state index >= 15 is 0 Å². The highest BCUT2D eigenvalue weighted by atomic mass is 32.2. The Morgan fingerprint density at radius 2 is 1.64 bits per heavy atom. The highest BCUT2D eigenvalue weighted by molar-refractivity contribution is 8.03. The standard InChI is InChI=1S/C27H32N2O6S4/c1-4-21(17-26-28(11-5-13-38(30,31)32)22-15-19(2)7-9-24(22)36-26)18-27-29(12-6-14-39(33,34)35)23-16-20(3)8-10-25(23)37-27/h7-10,15-18H,4-6,11-14H2,1-3H3,(H-,30,31,32,33,34,35)/p+1. The minimum Gasteiger partial charge on any atom is -0.335 e. The zero-order chi connectivity index (χ0) is 28.4. The van der Waals surface area contributed by atoms with Gasteiger partial charge in [-0.2, -0.15) is 21.4 Å². The van der Waals surface area contributed by atoms with Gasteiger partial charge in [-0.15, -0.1) is 0 Å². The first-order valence-electron chi connectivity index (χ1n) is 12.6. The van der Waals surface area contributed by atoms with Crippen LogP contribution in [0.25, 0.3) is 16.3 Å². The number of allylic oxidation sites excluding steroid dienone is 2. The molecule has 4 rings (SSSR count). The number of fused-ring (bicyclic) bond motifs is 2. The largest absolute Gasteiger partial charge is 0.335 e. The van der Waals surface area contributed by atoms with Crippen LogP contribution in [0.3, 0.4) is 0 Å². The number of hydrogen-bond acceptors (Lipinski definition) is 7. The van der Waals surface area contributed by atoms with Gasteiger partial charge in [0, 0.05) is 30.0 Å². The Bertz CT molecular complexity index is 1660. The summed E-state index contributed by atoms with van der Waals surface area (Å²) in [5, 5.41) is 1.96. The van der Waals surface area contributed by atoms with E-state index in [0.717, 1.165) is 54.0 Å². The first-order valence-corrected chi connectivity index (χ1v) is 17.5. The number of aromatic nitrogens is 1. The number of anilines is 1. The Morgan fingerprint density at radius 3 is 2.33 bits per heavy atom. The van der Waals surface area contributed by atoms with Gasteiger partial charge in [-0.1, -0.05) is 42.2 Å². The van der Waals surface area contributed by atoms with Crippen LogP contribution < -0.4 is 9.47 Å². The summed E-state index contributed by atoms with van der Waals surface area (Å²) in [6.07, 6.45) is 5.56. The molecule has 0 fully saturated rings. The van der Waals surface area contributed by atoms with Crippen molar-refractivity contribution in [1.29, 1.82) is 0 Å². The van der Waals surface area contributed by atoms with Crippen molar-refractivity contribution in [3.05, 3.63) is 69.2 Å². The van der Waals surface area contributed by atoms with Crippen molar-refractivity contribution >= 4 is 65.3 Å². The minimum atomic E-state index is -4.04. The molecule has 0 amide bonds. The van der Waals surface area contributed by atoms with E-state index in [4.69, 9.17) is 0 Å². The zero-order valence-electron chi connectivity index (χ0n) is 22.1. The molecule has 0 atom stereocenters. The Balaban J connectivity index is 1.71. The number of hydrogen-bond donors (Lipinski definition) is 2. The predicted molar refractivity (Wildman–Crippen MR) is 160 cm³/mol. The Labute approximate surface area is 238 Å². The van der Waals surface area contributed by atoms with Crippen LogP contribution in [0.1, 0.15) is 42.3 Å². The van der Waals surface area contributed by atoms with Crippen LogP contribution in [0.5, 0.6) is 0 Å². The average molecular weight is 610 g/mol. The number of rotatable bonds is 11. The van der Waals surface area contributed by atoms with E-state index in [2.05, 4.69) is 64.9 Å². The lowest BCUT2D eigenvalue weighted by molar-refractivity contribution is -0.668. The smallest absolute Gasteiger partial charge is 0.265 e. The van der Waals surface area contributed by atoms with Gasteiger partial charge in [0.05, 0.1) is 22.2 Å². The van der Waals surface area contributed by atoms with Crippen molar-refractivity contribution in [1.82, 2.24) is 0 Å². The van der Waals surface area contributed by atoms with Gasteiger partial charge in [0.15, 0.2) is 6.54 Å². The van der Waals surface area contributed by atoms with Crippen molar-refractivity contribution in [2.75, 3.05) is 23.0 Å². The van der Waals surface area contributed by atoms with Crippen molar-refractivity contribution in [2.45, 2.75) is 51.5 Å². The molecule has 0 spiro atoms. The zero-order valence-corrected chi connectivity index (χ0v) is 25.4. The van der Waals surface area contributed by atoms with E-state index in [9.17, 15) is 25.9 Å². The van der Waals surface area contributed by atoms with Crippen molar-refractivity contribution < 1.29 is 30.5 Å². The van der Waals surface area contributed by atoms with Crippen LogP contribution in [0.15, 0.2) is 58.0 Å². The van der Waals surface area contributed by atoms with Crippen molar-refractivity contribution in [3.8, 4) is 0 Å². The summed E-state index contributed by atoms with van der Waals surface area (Å²) in [5.41, 5.74) is 5.32. The molecule has 0 unspecified atom stereocenters. The average Bonchev–Trinajstić information content (AvgIpc) is 3.34. The molecule has 2 aromatic carbocycles. The van der Waals surface area contributed by atoms with Gasteiger partial charge in [0.25, 0.3) is 25.2 Å². The van der Waals surface area contributed by atoms with Crippen LogP contribution in [0.2, 0.25) is 0 Å². The topological polar surface area (TPSA) is 116 Å². The molecule has 210 valence electrons. The molecule has 2 N–H and O–H groups in total. The van der Waals surface area contributed by atoms with Gasteiger partial charge in [0.2, 0.25) is 5.52 Å². The first kappa shape index (κ1) is 29.8. The highest BCUT2D eigenvalue weighted by Gasteiger charge is 2.26. The molecule has 1 aliphatic heterocycles. The molecule has 2 heterocycles. The number of benzene rings is 2. The summed E-state index contributed by atoms with van der Waals surface area (Å²) < 4.78 is 67.0. The van der Waals surface area contributed by atoms with Crippen LogP contribution in [0.4, 0.5) is 5.69 Å². The second-order valence-electron chi connectivity index (χ2n) is 9.62. The van der Waals surface area contributed by atoms with Gasteiger partial charge in [-0.05, 0) is 67.7 Å². The number of thioether (sulfide) groups is 1. The lowest BCUT2D eigenvalue weighted by atomic mass is 10.1. The van der Waals surface area contributed by atoms with Gasteiger partial charge in [0.1, 0.15) is 4.70 Å². The third kappa shape index (κ3) is 7.92. The molecule has 39 heavy (non-hydrogen) atoms. The third-order valence-corrected chi connectivity index (χ3v) is 10.2. The summed E-state index contributed by atoms with van der Waals surface area (Å²) in [7, 11) is -8.09. The lowest BCUT2D eigenvalue weighted by Gasteiger charge is -2.21. The Morgan fingerprint density at radius 1 is 0.974 bits per heavy atom. The van der Waals surface area contributed by atoms with E-state index in [1.807, 2.05) is 13.8 Å². The van der Waals surface area contributed by atoms with Crippen LogP contribution in [-0.4, -0.2) is 44.0 Å². The summed E-state index contributed by atoms with van der Waals surface area (Å²) in [6.45, 7) is 7.01. The fourth-order valence-electron chi connectivity index (χ4n) is 4.47. The molecule has 0 bridgehead atoms. The quantitative estimate of drug-likeness (QED) is 0.213. The van der Waals surface area contributed by atoms with E-state index < -0.39 is 20.2 Å². The van der Waals surface area contributed by atoms with E-state index in [1.165, 1.54) is 0 Å². The van der Waals surface area contributed by atoms with Gasteiger partial charge in [-0.25, -0.2) is 0 Å². The third-order valence-electron chi connectivity index (χ3n) is 6.37. The number of thiazole rings is 1. The first-order chi connectivity index (χ1) is 18.3. The number of aryl methyl sites for hydroxylation is 3. The van der Waals surface area contributed by atoms with E-state index in [-0.39, 0.29) is 11.5 Å². The Kier molecular flexibility index (Phi) is 9.24. The minimum absolute atomic E-state index is 0.290. The highest BCUT2D eigenvalue weighted by Crippen LogP contribution is 2.47. The normalized spacial score (nSPS) is 15.5. The molecule has 1 aliphatic rings. The second kappa shape index (κ2) is 12.1. The van der Waals surface area contributed by atoms with Crippen molar-refractivity contribution in [2.24, 2.45) is 0 Å². The summed E-state index contributed by atoms with van der Waals surface area (Å²) in [4.78, 5) is 3.20. The molecule has 3 aromatic rings. The monoisotopic (exact) mass is 609 g/mol. The van der Waals surface area contributed by atoms with E-state index in [1.54, 1.807) is 23.1 Å². The summed E-state index contributed by atoms with van der Waals surface area (Å²) in [5.74, 6) is -0.604. The van der Waals surface area contributed by atoms with Crippen molar-refractivity contribution in [3.63, 3.8) is 0 Å². The second-order valence-corrected chi connectivity index (χ2v) is 14.9. The Hall–Kier alpha value is -2.22. The molecule has 0 aliphatic carbocycles.